The Hall–Kier alpha value is -1.75. The van der Waals surface area contributed by atoms with E-state index in [0.29, 0.717) is 30.9 Å². The number of rotatable bonds is 1. The summed E-state index contributed by atoms with van der Waals surface area (Å²) in [6, 6.07) is 7.91. The minimum Gasteiger partial charge on any atom is -0.490 e. The molecule has 0 saturated heterocycles. The average molecular weight is 328 g/mol. The van der Waals surface area contributed by atoms with Gasteiger partial charge in [-0.25, -0.2) is 4.79 Å². The third-order valence-corrected chi connectivity index (χ3v) is 6.50. The van der Waals surface area contributed by atoms with Gasteiger partial charge in [0.15, 0.2) is 0 Å². The summed E-state index contributed by atoms with van der Waals surface area (Å²) in [7, 11) is 0. The Morgan fingerprint density at radius 1 is 1.21 bits per heavy atom. The number of amides is 2. The monoisotopic (exact) mass is 328 g/mol. The maximum absolute atomic E-state index is 12.9. The average Bonchev–Trinajstić information content (AvgIpc) is 2.56. The van der Waals surface area contributed by atoms with Crippen molar-refractivity contribution in [1.82, 2.24) is 5.32 Å². The maximum atomic E-state index is 12.9. The molecule has 1 heterocycles. The Labute approximate surface area is 142 Å². The van der Waals surface area contributed by atoms with Crippen LogP contribution in [-0.2, 0) is 0 Å². The van der Waals surface area contributed by atoms with Crippen molar-refractivity contribution in [2.45, 2.75) is 43.7 Å². The van der Waals surface area contributed by atoms with E-state index in [9.17, 15) is 9.90 Å². The number of carbonyl (C=O) groups is 1. The molecular weight excluding hydrogens is 304 g/mol. The van der Waals surface area contributed by atoms with Gasteiger partial charge in [0.25, 0.3) is 0 Å². The predicted molar refractivity (Wildman–Crippen MR) is 90.1 cm³/mol. The first-order valence-corrected chi connectivity index (χ1v) is 9.14. The van der Waals surface area contributed by atoms with Crippen LogP contribution in [0.25, 0.3) is 0 Å². The van der Waals surface area contributed by atoms with Gasteiger partial charge in [-0.1, -0.05) is 12.1 Å². The summed E-state index contributed by atoms with van der Waals surface area (Å²) in [5, 5.41) is 14.0. The fraction of sp³-hybridized carbons (Fsp3) is 0.632. The van der Waals surface area contributed by atoms with Crippen LogP contribution < -0.4 is 15.0 Å². The van der Waals surface area contributed by atoms with E-state index in [1.165, 1.54) is 0 Å². The van der Waals surface area contributed by atoms with Gasteiger partial charge in [0.2, 0.25) is 0 Å². The van der Waals surface area contributed by atoms with Gasteiger partial charge < -0.3 is 15.2 Å². The third-order valence-electron chi connectivity index (χ3n) is 6.50. The lowest BCUT2D eigenvalue weighted by atomic mass is 9.52. The number of ether oxygens (including phenoxy) is 1. The van der Waals surface area contributed by atoms with E-state index in [2.05, 4.69) is 5.32 Å². The van der Waals surface area contributed by atoms with Gasteiger partial charge in [-0.2, -0.15) is 0 Å². The number of urea groups is 1. The van der Waals surface area contributed by atoms with E-state index in [4.69, 9.17) is 4.74 Å². The molecule has 4 saturated carbocycles. The minimum absolute atomic E-state index is 0.0183. The molecule has 1 aromatic carbocycles. The number of hydrogen-bond donors (Lipinski definition) is 2. The van der Waals surface area contributed by atoms with Gasteiger partial charge in [0.05, 0.1) is 17.8 Å². The third kappa shape index (κ3) is 2.21. The van der Waals surface area contributed by atoms with Crippen molar-refractivity contribution < 1.29 is 14.6 Å². The summed E-state index contributed by atoms with van der Waals surface area (Å²) in [5.74, 6) is 2.30. The molecule has 2 N–H and O–H groups in total. The van der Waals surface area contributed by atoms with Gasteiger partial charge >= 0.3 is 6.03 Å². The molecule has 3 unspecified atom stereocenters. The normalized spacial score (nSPS) is 39.3. The van der Waals surface area contributed by atoms with Crippen molar-refractivity contribution in [2.24, 2.45) is 17.8 Å². The van der Waals surface area contributed by atoms with Gasteiger partial charge in [0, 0.05) is 6.04 Å². The second kappa shape index (κ2) is 5.12. The molecule has 128 valence electrons. The summed E-state index contributed by atoms with van der Waals surface area (Å²) in [6.07, 6.45) is 4.99. The van der Waals surface area contributed by atoms with Crippen molar-refractivity contribution in [3.63, 3.8) is 0 Å². The molecule has 5 atom stereocenters. The van der Waals surface area contributed by atoms with E-state index >= 15 is 0 Å². The number of fused-ring (bicyclic) bond motifs is 1. The standard InChI is InChI=1S/C19H24N2O3/c22-18(21-5-6-24-16-4-2-1-3-15(16)21)20-17-13-7-12-8-14(17)11-19(23,9-12)10-13/h1-4,12-14,17,23H,5-11H2,(H,20,22)/t12?,13-,14+,17?,19?. The molecule has 24 heavy (non-hydrogen) atoms. The molecule has 0 radical (unpaired) electrons. The first kappa shape index (κ1) is 14.6. The number of nitrogens with one attached hydrogen (secondary N) is 1. The summed E-state index contributed by atoms with van der Waals surface area (Å²) >= 11 is 0. The molecule has 4 fully saturated rings. The van der Waals surface area contributed by atoms with Crippen molar-refractivity contribution in [3.05, 3.63) is 24.3 Å². The number of aliphatic hydroxyl groups is 1. The Morgan fingerprint density at radius 2 is 1.96 bits per heavy atom. The number of anilines is 1. The van der Waals surface area contributed by atoms with Crippen molar-refractivity contribution in [3.8, 4) is 5.75 Å². The van der Waals surface area contributed by atoms with Crippen LogP contribution in [0.2, 0.25) is 0 Å². The van der Waals surface area contributed by atoms with E-state index in [1.54, 1.807) is 4.90 Å². The highest BCUT2D eigenvalue weighted by molar-refractivity contribution is 5.94. The van der Waals surface area contributed by atoms with Crippen LogP contribution in [0.15, 0.2) is 24.3 Å². The second-order valence-electron chi connectivity index (χ2n) is 8.14. The number of para-hydroxylation sites is 2. The molecule has 5 heteroatoms. The highest BCUT2D eigenvalue weighted by atomic mass is 16.5. The first-order chi connectivity index (χ1) is 11.6. The summed E-state index contributed by atoms with van der Waals surface area (Å²) in [6.45, 7) is 1.11. The van der Waals surface area contributed by atoms with Gasteiger partial charge in [-0.15, -0.1) is 0 Å². The zero-order chi connectivity index (χ0) is 16.3. The second-order valence-corrected chi connectivity index (χ2v) is 8.14. The van der Waals surface area contributed by atoms with Crippen LogP contribution in [0.5, 0.6) is 5.75 Å². The number of nitrogens with zero attached hydrogens (tertiary/aromatic N) is 1. The largest absolute Gasteiger partial charge is 0.490 e. The molecule has 0 spiro atoms. The van der Waals surface area contributed by atoms with Crippen molar-refractivity contribution >= 4 is 11.7 Å². The lowest BCUT2D eigenvalue weighted by Crippen LogP contribution is -2.63. The number of benzene rings is 1. The van der Waals surface area contributed by atoms with E-state index < -0.39 is 5.60 Å². The Morgan fingerprint density at radius 3 is 2.71 bits per heavy atom. The SMILES string of the molecule is O=C(NC1[C@@H]2CC3C[C@H]1CC(O)(C3)C2)N1CCOc2ccccc21. The molecular formula is C19H24N2O3. The van der Waals surface area contributed by atoms with Crippen molar-refractivity contribution in [1.29, 1.82) is 0 Å². The molecule has 1 aliphatic heterocycles. The fourth-order valence-electron chi connectivity index (χ4n) is 5.82. The smallest absolute Gasteiger partial charge is 0.322 e. The quantitative estimate of drug-likeness (QED) is 0.833. The molecule has 1 aromatic rings. The topological polar surface area (TPSA) is 61.8 Å². The van der Waals surface area contributed by atoms with Gasteiger partial charge in [-0.3, -0.25) is 4.90 Å². The first-order valence-electron chi connectivity index (χ1n) is 9.14. The van der Waals surface area contributed by atoms with Crippen LogP contribution in [-0.4, -0.2) is 35.9 Å². The number of carbonyl (C=O) groups excluding carboxylic acids is 1. The van der Waals surface area contributed by atoms with Gasteiger partial charge in [0.1, 0.15) is 12.4 Å². The molecule has 0 aromatic heterocycles. The molecule has 5 nitrogen and oxygen atoms in total. The Balaban J connectivity index is 1.35. The summed E-state index contributed by atoms with van der Waals surface area (Å²) in [4.78, 5) is 14.7. The highest BCUT2D eigenvalue weighted by Gasteiger charge is 2.55. The molecule has 4 aliphatic carbocycles. The Bertz CT molecular complexity index is 660. The van der Waals surface area contributed by atoms with E-state index in [0.717, 1.165) is 43.5 Å². The predicted octanol–water partition coefficient (Wildman–Crippen LogP) is 2.53. The molecule has 5 aliphatic rings. The summed E-state index contributed by atoms with van der Waals surface area (Å²) in [5.41, 5.74) is 0.396. The Kier molecular flexibility index (Phi) is 3.11. The highest BCUT2D eigenvalue weighted by Crippen LogP contribution is 2.55. The van der Waals surface area contributed by atoms with E-state index in [-0.39, 0.29) is 12.1 Å². The van der Waals surface area contributed by atoms with Crippen LogP contribution in [0, 0.1) is 17.8 Å². The van der Waals surface area contributed by atoms with Crippen LogP contribution >= 0.6 is 0 Å². The molecule has 4 bridgehead atoms. The lowest BCUT2D eigenvalue weighted by molar-refractivity contribution is -0.136. The molecule has 2 amide bonds. The fourth-order valence-corrected chi connectivity index (χ4v) is 5.82. The van der Waals surface area contributed by atoms with Gasteiger partial charge in [-0.05, 0) is 62.0 Å². The van der Waals surface area contributed by atoms with E-state index in [1.807, 2.05) is 24.3 Å². The summed E-state index contributed by atoms with van der Waals surface area (Å²) < 4.78 is 5.65. The van der Waals surface area contributed by atoms with Crippen LogP contribution in [0.1, 0.15) is 32.1 Å². The van der Waals surface area contributed by atoms with Crippen LogP contribution in [0.4, 0.5) is 10.5 Å². The minimum atomic E-state index is -0.455. The zero-order valence-corrected chi connectivity index (χ0v) is 13.8. The maximum Gasteiger partial charge on any atom is 0.322 e. The zero-order valence-electron chi connectivity index (χ0n) is 13.8. The molecule has 6 rings (SSSR count). The number of hydrogen-bond acceptors (Lipinski definition) is 3. The van der Waals surface area contributed by atoms with Crippen molar-refractivity contribution in [2.75, 3.05) is 18.1 Å². The van der Waals surface area contributed by atoms with Crippen LogP contribution in [0.3, 0.4) is 0 Å². The lowest BCUT2D eigenvalue weighted by Gasteiger charge is -2.58.